The first kappa shape index (κ1) is 19.6. The summed E-state index contributed by atoms with van der Waals surface area (Å²) in [5, 5.41) is 0. The van der Waals surface area contributed by atoms with Gasteiger partial charge in [-0.3, -0.25) is 0 Å². The van der Waals surface area contributed by atoms with Crippen LogP contribution in [0.25, 0.3) is 0 Å². The lowest BCUT2D eigenvalue weighted by Gasteiger charge is -2.08. The molecule has 0 aliphatic rings. The summed E-state index contributed by atoms with van der Waals surface area (Å²) < 4.78 is 27.3. The fourth-order valence-electron chi connectivity index (χ4n) is 1.11. The van der Waals surface area contributed by atoms with Crippen LogP contribution >= 0.6 is 10.7 Å². The van der Waals surface area contributed by atoms with Crippen LogP contribution in [0, 0.1) is 13.8 Å². The zero-order valence-corrected chi connectivity index (χ0v) is 13.7. The van der Waals surface area contributed by atoms with Gasteiger partial charge in [0.1, 0.15) is 10.6 Å². The molecule has 0 spiro atoms. The molecule has 0 radical (unpaired) electrons. The molecule has 1 rings (SSSR count). The van der Waals surface area contributed by atoms with E-state index in [0.717, 1.165) is 11.1 Å². The number of halogens is 1. The minimum absolute atomic E-state index is 0.0183. The second-order valence-corrected chi connectivity index (χ2v) is 5.56. The maximum atomic E-state index is 11.2. The maximum Gasteiger partial charge on any atom is 0.264 e. The molecule has 0 saturated carbocycles. The third-order valence-corrected chi connectivity index (χ3v) is 3.39. The van der Waals surface area contributed by atoms with Gasteiger partial charge in [-0.2, -0.15) is 0 Å². The van der Waals surface area contributed by atoms with Crippen LogP contribution < -0.4 is 4.74 Å². The third-order valence-electron chi connectivity index (χ3n) is 2.04. The number of benzene rings is 1. The molecule has 0 unspecified atom stereocenters. The van der Waals surface area contributed by atoms with E-state index in [-0.39, 0.29) is 10.6 Å². The molecule has 0 fully saturated rings. The summed E-state index contributed by atoms with van der Waals surface area (Å²) in [5.41, 5.74) is 1.83. The van der Waals surface area contributed by atoms with Crippen LogP contribution in [0.1, 0.15) is 38.8 Å². The van der Waals surface area contributed by atoms with Gasteiger partial charge in [-0.05, 0) is 37.1 Å². The first-order valence-electron chi connectivity index (χ1n) is 5.96. The molecule has 1 aromatic carbocycles. The highest BCUT2D eigenvalue weighted by molar-refractivity contribution is 8.13. The van der Waals surface area contributed by atoms with Crippen molar-refractivity contribution >= 4 is 19.7 Å². The SMILES string of the molecule is CC.CC.COc1cc(C)c(C)cc1S(=O)(=O)Cl. The van der Waals surface area contributed by atoms with Gasteiger partial charge >= 0.3 is 0 Å². The molecule has 3 nitrogen and oxygen atoms in total. The first-order valence-corrected chi connectivity index (χ1v) is 8.27. The molecule has 106 valence electrons. The van der Waals surface area contributed by atoms with Gasteiger partial charge in [0.2, 0.25) is 0 Å². The van der Waals surface area contributed by atoms with Gasteiger partial charge in [0, 0.05) is 10.7 Å². The van der Waals surface area contributed by atoms with Crippen molar-refractivity contribution in [1.82, 2.24) is 0 Å². The normalized spacial score (nSPS) is 9.56. The highest BCUT2D eigenvalue weighted by Crippen LogP contribution is 2.29. The van der Waals surface area contributed by atoms with Crippen molar-refractivity contribution in [2.24, 2.45) is 0 Å². The minimum Gasteiger partial charge on any atom is -0.495 e. The molecule has 0 saturated heterocycles. The average Bonchev–Trinajstić information content (AvgIpc) is 2.35. The molecule has 0 aliphatic carbocycles. The summed E-state index contributed by atoms with van der Waals surface area (Å²) >= 11 is 0. The van der Waals surface area contributed by atoms with Crippen molar-refractivity contribution in [3.8, 4) is 5.75 Å². The number of hydrogen-bond donors (Lipinski definition) is 0. The molecule has 0 N–H and O–H groups in total. The molecule has 0 aliphatic heterocycles. The van der Waals surface area contributed by atoms with E-state index in [1.165, 1.54) is 13.2 Å². The molecule has 0 aromatic heterocycles. The Hall–Kier alpha value is -0.740. The van der Waals surface area contributed by atoms with E-state index in [2.05, 4.69) is 0 Å². The molecule has 1 aromatic rings. The highest BCUT2D eigenvalue weighted by Gasteiger charge is 2.17. The van der Waals surface area contributed by atoms with E-state index in [4.69, 9.17) is 15.4 Å². The summed E-state index contributed by atoms with van der Waals surface area (Å²) in [6, 6.07) is 3.17. The van der Waals surface area contributed by atoms with Crippen LogP contribution in [0.3, 0.4) is 0 Å². The lowest BCUT2D eigenvalue weighted by Crippen LogP contribution is -1.98. The summed E-state index contributed by atoms with van der Waals surface area (Å²) in [4.78, 5) is 0.0183. The van der Waals surface area contributed by atoms with Crippen LogP contribution in [-0.4, -0.2) is 15.5 Å². The predicted molar refractivity (Wildman–Crippen MR) is 78.2 cm³/mol. The monoisotopic (exact) mass is 294 g/mol. The Morgan fingerprint density at radius 3 is 1.72 bits per heavy atom. The van der Waals surface area contributed by atoms with Crippen LogP contribution in [0.5, 0.6) is 5.75 Å². The number of ether oxygens (including phenoxy) is 1. The van der Waals surface area contributed by atoms with Gasteiger partial charge < -0.3 is 4.74 Å². The number of rotatable bonds is 2. The number of methoxy groups -OCH3 is 1. The van der Waals surface area contributed by atoms with Crippen molar-refractivity contribution in [2.45, 2.75) is 46.4 Å². The number of hydrogen-bond acceptors (Lipinski definition) is 3. The zero-order chi connectivity index (χ0) is 14.9. The average molecular weight is 295 g/mol. The highest BCUT2D eigenvalue weighted by atomic mass is 35.7. The van der Waals surface area contributed by atoms with Crippen molar-refractivity contribution in [3.05, 3.63) is 23.3 Å². The van der Waals surface area contributed by atoms with Gasteiger partial charge in [0.15, 0.2) is 0 Å². The van der Waals surface area contributed by atoms with Gasteiger partial charge in [-0.1, -0.05) is 27.7 Å². The molecule has 0 amide bonds. The zero-order valence-electron chi connectivity index (χ0n) is 12.2. The molecular formula is C13H23ClO3S. The Balaban J connectivity index is 0. The lowest BCUT2D eigenvalue weighted by atomic mass is 10.1. The van der Waals surface area contributed by atoms with Crippen LogP contribution in [0.15, 0.2) is 17.0 Å². The Morgan fingerprint density at radius 2 is 1.39 bits per heavy atom. The van der Waals surface area contributed by atoms with E-state index in [0.29, 0.717) is 0 Å². The molecule has 0 heterocycles. The standard InChI is InChI=1S/C9H11ClO3S.2C2H6/c1-6-4-8(13-3)9(5-7(6)2)14(10,11)12;2*1-2/h4-5H,1-3H3;2*1-2H3. The Bertz CT molecular complexity index is 454. The Kier molecular flexibility index (Phi) is 10.0. The van der Waals surface area contributed by atoms with E-state index in [1.54, 1.807) is 6.07 Å². The van der Waals surface area contributed by atoms with E-state index >= 15 is 0 Å². The minimum atomic E-state index is -3.74. The Labute approximate surface area is 116 Å². The van der Waals surface area contributed by atoms with E-state index in [9.17, 15) is 8.42 Å². The van der Waals surface area contributed by atoms with Gasteiger partial charge in [-0.15, -0.1) is 0 Å². The molecule has 0 bridgehead atoms. The van der Waals surface area contributed by atoms with E-state index in [1.807, 2.05) is 41.5 Å². The van der Waals surface area contributed by atoms with Crippen LogP contribution in [-0.2, 0) is 9.05 Å². The molecule has 0 atom stereocenters. The van der Waals surface area contributed by atoms with E-state index < -0.39 is 9.05 Å². The quantitative estimate of drug-likeness (QED) is 0.764. The largest absolute Gasteiger partial charge is 0.495 e. The van der Waals surface area contributed by atoms with Crippen LogP contribution in [0.4, 0.5) is 0 Å². The topological polar surface area (TPSA) is 43.4 Å². The molecule has 18 heavy (non-hydrogen) atoms. The Morgan fingerprint density at radius 1 is 1.00 bits per heavy atom. The fourth-order valence-corrected chi connectivity index (χ4v) is 2.18. The number of aryl methyl sites for hydroxylation is 2. The fraction of sp³-hybridized carbons (Fsp3) is 0.538. The smallest absolute Gasteiger partial charge is 0.264 e. The summed E-state index contributed by atoms with van der Waals surface area (Å²) in [6.45, 7) is 11.7. The molecular weight excluding hydrogens is 272 g/mol. The summed E-state index contributed by atoms with van der Waals surface area (Å²) in [7, 11) is 2.93. The van der Waals surface area contributed by atoms with Gasteiger partial charge in [0.05, 0.1) is 7.11 Å². The van der Waals surface area contributed by atoms with Crippen molar-refractivity contribution < 1.29 is 13.2 Å². The summed E-state index contributed by atoms with van der Waals surface area (Å²) in [6.07, 6.45) is 0. The van der Waals surface area contributed by atoms with Crippen LogP contribution in [0.2, 0.25) is 0 Å². The van der Waals surface area contributed by atoms with Crippen molar-refractivity contribution in [2.75, 3.05) is 7.11 Å². The molecule has 5 heteroatoms. The third kappa shape index (κ3) is 5.74. The van der Waals surface area contributed by atoms with Gasteiger partial charge in [0.25, 0.3) is 9.05 Å². The van der Waals surface area contributed by atoms with Crippen molar-refractivity contribution in [3.63, 3.8) is 0 Å². The second-order valence-electron chi connectivity index (χ2n) is 3.03. The van der Waals surface area contributed by atoms with Crippen molar-refractivity contribution in [1.29, 1.82) is 0 Å². The lowest BCUT2D eigenvalue weighted by molar-refractivity contribution is 0.402. The second kappa shape index (κ2) is 9.22. The predicted octanol–water partition coefficient (Wildman–Crippen LogP) is 4.29. The maximum absolute atomic E-state index is 11.2. The first-order chi connectivity index (χ1) is 8.36. The summed E-state index contributed by atoms with van der Waals surface area (Å²) in [5.74, 6) is 0.281. The van der Waals surface area contributed by atoms with Gasteiger partial charge in [-0.25, -0.2) is 8.42 Å².